The third-order valence-corrected chi connectivity index (χ3v) is 2.88. The number of anilines is 3. The number of hydrogen-bond donors (Lipinski definition) is 2. The number of nitrogens with one attached hydrogen (secondary N) is 2. The Balaban J connectivity index is 1.95. The number of para-hydroxylation sites is 1. The SMILES string of the molecule is CN(C)c1ccc(NC(=S)Nc2ccccc2)cc1. The molecule has 0 radical (unpaired) electrons. The summed E-state index contributed by atoms with van der Waals surface area (Å²) in [5.41, 5.74) is 3.11. The number of thiocarbonyl (C=S) groups is 1. The normalized spacial score (nSPS) is 9.79. The van der Waals surface area contributed by atoms with Crippen LogP contribution in [0.15, 0.2) is 54.6 Å². The molecular weight excluding hydrogens is 254 g/mol. The van der Waals surface area contributed by atoms with Crippen molar-refractivity contribution in [2.24, 2.45) is 0 Å². The zero-order valence-electron chi connectivity index (χ0n) is 11.1. The first-order valence-electron chi connectivity index (χ1n) is 6.05. The molecule has 2 N–H and O–H groups in total. The van der Waals surface area contributed by atoms with Crippen molar-refractivity contribution in [1.82, 2.24) is 0 Å². The minimum atomic E-state index is 0.587. The standard InChI is InChI=1S/C15H17N3S/c1-18(2)14-10-8-13(9-11-14)17-15(19)16-12-6-4-3-5-7-12/h3-11H,1-2H3,(H2,16,17,19). The van der Waals surface area contributed by atoms with Crippen LogP contribution >= 0.6 is 12.2 Å². The summed E-state index contributed by atoms with van der Waals surface area (Å²) in [6.45, 7) is 0. The average Bonchev–Trinajstić information content (AvgIpc) is 2.40. The Morgan fingerprint density at radius 2 is 1.37 bits per heavy atom. The number of nitrogens with zero attached hydrogens (tertiary/aromatic N) is 1. The first-order chi connectivity index (χ1) is 9.15. The molecule has 19 heavy (non-hydrogen) atoms. The molecule has 0 unspecified atom stereocenters. The van der Waals surface area contributed by atoms with Crippen LogP contribution < -0.4 is 15.5 Å². The first-order valence-corrected chi connectivity index (χ1v) is 6.46. The van der Waals surface area contributed by atoms with E-state index in [1.54, 1.807) is 0 Å². The maximum atomic E-state index is 5.27. The van der Waals surface area contributed by atoms with Gasteiger partial charge < -0.3 is 15.5 Å². The van der Waals surface area contributed by atoms with Crippen LogP contribution in [0, 0.1) is 0 Å². The average molecular weight is 271 g/mol. The highest BCUT2D eigenvalue weighted by atomic mass is 32.1. The summed E-state index contributed by atoms with van der Waals surface area (Å²) >= 11 is 5.27. The molecule has 2 rings (SSSR count). The molecule has 2 aromatic rings. The lowest BCUT2D eigenvalue weighted by molar-refractivity contribution is 1.13. The van der Waals surface area contributed by atoms with E-state index in [2.05, 4.69) is 15.5 Å². The third-order valence-electron chi connectivity index (χ3n) is 2.67. The van der Waals surface area contributed by atoms with Crippen LogP contribution in [0.25, 0.3) is 0 Å². The molecule has 0 amide bonds. The van der Waals surface area contributed by atoms with Gasteiger partial charge in [-0.25, -0.2) is 0 Å². The fourth-order valence-electron chi connectivity index (χ4n) is 1.66. The fraction of sp³-hybridized carbons (Fsp3) is 0.133. The molecule has 98 valence electrons. The molecule has 0 spiro atoms. The van der Waals surface area contributed by atoms with Crippen molar-refractivity contribution in [2.75, 3.05) is 29.6 Å². The van der Waals surface area contributed by atoms with E-state index in [1.807, 2.05) is 68.7 Å². The predicted molar refractivity (Wildman–Crippen MR) is 87.1 cm³/mol. The quantitative estimate of drug-likeness (QED) is 0.835. The van der Waals surface area contributed by atoms with Crippen molar-refractivity contribution in [3.05, 3.63) is 54.6 Å². The van der Waals surface area contributed by atoms with Crippen molar-refractivity contribution >= 4 is 34.4 Å². The van der Waals surface area contributed by atoms with E-state index < -0.39 is 0 Å². The summed E-state index contributed by atoms with van der Waals surface area (Å²) in [6.07, 6.45) is 0. The maximum absolute atomic E-state index is 5.27. The van der Waals surface area contributed by atoms with Gasteiger partial charge in [0.2, 0.25) is 0 Å². The Bertz CT molecular complexity index is 535. The van der Waals surface area contributed by atoms with Gasteiger partial charge in [-0.1, -0.05) is 18.2 Å². The van der Waals surface area contributed by atoms with Gasteiger partial charge in [0.25, 0.3) is 0 Å². The second-order valence-electron chi connectivity index (χ2n) is 4.39. The lowest BCUT2D eigenvalue weighted by Crippen LogP contribution is -2.19. The van der Waals surface area contributed by atoms with Gasteiger partial charge in [0.1, 0.15) is 0 Å². The molecule has 0 fully saturated rings. The van der Waals surface area contributed by atoms with Crippen LogP contribution in [0.5, 0.6) is 0 Å². The van der Waals surface area contributed by atoms with Crippen molar-refractivity contribution in [1.29, 1.82) is 0 Å². The van der Waals surface area contributed by atoms with Crippen LogP contribution in [0.1, 0.15) is 0 Å². The summed E-state index contributed by atoms with van der Waals surface area (Å²) in [6, 6.07) is 18.0. The smallest absolute Gasteiger partial charge is 0.175 e. The first kappa shape index (κ1) is 13.4. The van der Waals surface area contributed by atoms with E-state index in [1.165, 1.54) is 0 Å². The minimum Gasteiger partial charge on any atom is -0.378 e. The van der Waals surface area contributed by atoms with E-state index in [0.717, 1.165) is 17.1 Å². The van der Waals surface area contributed by atoms with Gasteiger partial charge in [0.05, 0.1) is 0 Å². The summed E-state index contributed by atoms with van der Waals surface area (Å²) < 4.78 is 0. The van der Waals surface area contributed by atoms with E-state index in [9.17, 15) is 0 Å². The lowest BCUT2D eigenvalue weighted by atomic mass is 10.2. The van der Waals surface area contributed by atoms with E-state index in [-0.39, 0.29) is 0 Å². The molecule has 0 saturated heterocycles. The van der Waals surface area contributed by atoms with Crippen LogP contribution in [0.2, 0.25) is 0 Å². The van der Waals surface area contributed by atoms with Gasteiger partial charge in [-0.05, 0) is 48.6 Å². The van der Waals surface area contributed by atoms with Gasteiger partial charge in [0.15, 0.2) is 5.11 Å². The number of benzene rings is 2. The van der Waals surface area contributed by atoms with E-state index in [4.69, 9.17) is 12.2 Å². The zero-order chi connectivity index (χ0) is 13.7. The van der Waals surface area contributed by atoms with Crippen LogP contribution in [-0.4, -0.2) is 19.2 Å². The Morgan fingerprint density at radius 1 is 0.842 bits per heavy atom. The van der Waals surface area contributed by atoms with Gasteiger partial charge in [-0.3, -0.25) is 0 Å². The lowest BCUT2D eigenvalue weighted by Gasteiger charge is -2.14. The molecule has 0 aromatic heterocycles. The summed E-state index contributed by atoms with van der Waals surface area (Å²) in [4.78, 5) is 2.06. The fourth-order valence-corrected chi connectivity index (χ4v) is 1.89. The topological polar surface area (TPSA) is 27.3 Å². The Hall–Kier alpha value is -2.07. The molecule has 2 aromatic carbocycles. The van der Waals surface area contributed by atoms with Crippen molar-refractivity contribution in [2.45, 2.75) is 0 Å². The Morgan fingerprint density at radius 3 is 1.89 bits per heavy atom. The van der Waals surface area contributed by atoms with E-state index in [0.29, 0.717) is 5.11 Å². The largest absolute Gasteiger partial charge is 0.378 e. The number of rotatable bonds is 3. The Kier molecular flexibility index (Phi) is 4.36. The van der Waals surface area contributed by atoms with Crippen molar-refractivity contribution in [3.8, 4) is 0 Å². The summed E-state index contributed by atoms with van der Waals surface area (Å²) in [5, 5.41) is 6.88. The molecule has 0 atom stereocenters. The molecule has 0 saturated carbocycles. The molecule has 4 heteroatoms. The summed E-state index contributed by atoms with van der Waals surface area (Å²) in [5.74, 6) is 0. The molecular formula is C15H17N3S. The second-order valence-corrected chi connectivity index (χ2v) is 4.79. The predicted octanol–water partition coefficient (Wildman–Crippen LogP) is 3.56. The van der Waals surface area contributed by atoms with Crippen LogP contribution in [-0.2, 0) is 0 Å². The minimum absolute atomic E-state index is 0.587. The molecule has 3 nitrogen and oxygen atoms in total. The highest BCUT2D eigenvalue weighted by Crippen LogP contribution is 2.16. The third kappa shape index (κ3) is 3.96. The summed E-state index contributed by atoms with van der Waals surface area (Å²) in [7, 11) is 4.04. The van der Waals surface area contributed by atoms with Crippen LogP contribution in [0.4, 0.5) is 17.1 Å². The highest BCUT2D eigenvalue weighted by Gasteiger charge is 1.99. The molecule has 0 aliphatic carbocycles. The van der Waals surface area contributed by atoms with Gasteiger partial charge in [0, 0.05) is 31.2 Å². The van der Waals surface area contributed by atoms with Gasteiger partial charge in [-0.2, -0.15) is 0 Å². The molecule has 0 heterocycles. The van der Waals surface area contributed by atoms with Gasteiger partial charge >= 0.3 is 0 Å². The molecule has 0 aliphatic heterocycles. The van der Waals surface area contributed by atoms with Crippen LogP contribution in [0.3, 0.4) is 0 Å². The monoisotopic (exact) mass is 271 g/mol. The van der Waals surface area contributed by atoms with Crippen molar-refractivity contribution < 1.29 is 0 Å². The maximum Gasteiger partial charge on any atom is 0.175 e. The molecule has 0 bridgehead atoms. The number of hydrogen-bond acceptors (Lipinski definition) is 2. The zero-order valence-corrected chi connectivity index (χ0v) is 11.9. The molecule has 0 aliphatic rings. The van der Waals surface area contributed by atoms with Crippen molar-refractivity contribution in [3.63, 3.8) is 0 Å². The van der Waals surface area contributed by atoms with E-state index >= 15 is 0 Å². The highest BCUT2D eigenvalue weighted by molar-refractivity contribution is 7.80. The second kappa shape index (κ2) is 6.20. The Labute approximate surface area is 119 Å². The van der Waals surface area contributed by atoms with Gasteiger partial charge in [-0.15, -0.1) is 0 Å².